The summed E-state index contributed by atoms with van der Waals surface area (Å²) in [4.78, 5) is 5.40. The van der Waals surface area contributed by atoms with Gasteiger partial charge in [0.25, 0.3) is 0 Å². The first-order chi connectivity index (χ1) is 9.94. The minimum absolute atomic E-state index is 0.362. The highest BCUT2D eigenvalue weighted by Gasteiger charge is 2.25. The maximum absolute atomic E-state index is 6.29. The minimum atomic E-state index is 0.362. The van der Waals surface area contributed by atoms with Crippen molar-refractivity contribution in [1.82, 2.24) is 9.80 Å². The molecule has 0 aromatic rings. The van der Waals surface area contributed by atoms with Crippen LogP contribution in [0.5, 0.6) is 0 Å². The molecule has 2 heterocycles. The van der Waals surface area contributed by atoms with E-state index in [1.807, 2.05) is 0 Å². The number of likely N-dealkylation sites (tertiary alicyclic amines) is 2. The van der Waals surface area contributed by atoms with Crippen LogP contribution in [0, 0.1) is 5.41 Å². The lowest BCUT2D eigenvalue weighted by Crippen LogP contribution is -2.47. The number of hydrogen-bond donors (Lipinski definition) is 1. The summed E-state index contributed by atoms with van der Waals surface area (Å²) in [7, 11) is 0. The highest BCUT2D eigenvalue weighted by Crippen LogP contribution is 2.23. The van der Waals surface area contributed by atoms with E-state index in [1.165, 1.54) is 64.8 Å². The second-order valence-corrected chi connectivity index (χ2v) is 8.48. The summed E-state index contributed by atoms with van der Waals surface area (Å²) in [6.45, 7) is 13.3. The Hall–Kier alpha value is -0.120. The van der Waals surface area contributed by atoms with Gasteiger partial charge in [-0.3, -0.25) is 0 Å². The summed E-state index contributed by atoms with van der Waals surface area (Å²) in [6, 6.07) is 1.23. The summed E-state index contributed by atoms with van der Waals surface area (Å²) < 4.78 is 0. The van der Waals surface area contributed by atoms with E-state index in [1.54, 1.807) is 0 Å². The van der Waals surface area contributed by atoms with E-state index >= 15 is 0 Å². The monoisotopic (exact) mass is 295 g/mol. The Balaban J connectivity index is 1.62. The van der Waals surface area contributed by atoms with E-state index in [2.05, 4.69) is 30.6 Å². The molecule has 0 bridgehead atoms. The van der Waals surface area contributed by atoms with Gasteiger partial charge in [0, 0.05) is 12.1 Å². The second kappa shape index (κ2) is 7.94. The Morgan fingerprint density at radius 1 is 1.00 bits per heavy atom. The van der Waals surface area contributed by atoms with E-state index < -0.39 is 0 Å². The van der Waals surface area contributed by atoms with Gasteiger partial charge in [-0.2, -0.15) is 0 Å². The molecule has 21 heavy (non-hydrogen) atoms. The van der Waals surface area contributed by atoms with Crippen LogP contribution < -0.4 is 5.73 Å². The standard InChI is InChI=1S/C18H37N3/c1-18(2,3)15-16(19)7-12-20-13-8-17(9-14-20)21-10-5-4-6-11-21/h16-17H,4-15,19H2,1-3H3. The van der Waals surface area contributed by atoms with Gasteiger partial charge in [-0.05, 0) is 76.7 Å². The van der Waals surface area contributed by atoms with Crippen LogP contribution in [-0.4, -0.2) is 54.6 Å². The maximum atomic E-state index is 6.29. The highest BCUT2D eigenvalue weighted by molar-refractivity contribution is 4.82. The summed E-state index contributed by atoms with van der Waals surface area (Å²) in [6.07, 6.45) is 9.32. The van der Waals surface area contributed by atoms with Crippen molar-refractivity contribution in [3.05, 3.63) is 0 Å². The largest absolute Gasteiger partial charge is 0.328 e. The molecule has 124 valence electrons. The smallest absolute Gasteiger partial charge is 0.0120 e. The van der Waals surface area contributed by atoms with Gasteiger partial charge in [0.05, 0.1) is 0 Å². The van der Waals surface area contributed by atoms with Gasteiger partial charge in [-0.25, -0.2) is 0 Å². The molecule has 1 unspecified atom stereocenters. The molecule has 2 N–H and O–H groups in total. The van der Waals surface area contributed by atoms with E-state index in [-0.39, 0.29) is 0 Å². The fraction of sp³-hybridized carbons (Fsp3) is 1.00. The van der Waals surface area contributed by atoms with Gasteiger partial charge in [0.1, 0.15) is 0 Å². The topological polar surface area (TPSA) is 32.5 Å². The molecule has 0 saturated carbocycles. The molecule has 0 radical (unpaired) electrons. The van der Waals surface area contributed by atoms with Crippen molar-refractivity contribution in [2.45, 2.75) is 77.8 Å². The van der Waals surface area contributed by atoms with E-state index in [0.717, 1.165) is 18.9 Å². The number of nitrogens with two attached hydrogens (primary N) is 1. The lowest BCUT2D eigenvalue weighted by Gasteiger charge is -2.40. The molecule has 3 heteroatoms. The molecule has 0 aromatic heterocycles. The predicted molar refractivity (Wildman–Crippen MR) is 91.6 cm³/mol. The number of hydrogen-bond acceptors (Lipinski definition) is 3. The first-order valence-corrected chi connectivity index (χ1v) is 9.16. The predicted octanol–water partition coefficient (Wildman–Crippen LogP) is 3.09. The lowest BCUT2D eigenvalue weighted by atomic mass is 9.87. The van der Waals surface area contributed by atoms with Crippen molar-refractivity contribution in [2.75, 3.05) is 32.7 Å². The molecule has 0 aliphatic carbocycles. The van der Waals surface area contributed by atoms with Gasteiger partial charge >= 0.3 is 0 Å². The molecule has 2 aliphatic rings. The van der Waals surface area contributed by atoms with Gasteiger partial charge < -0.3 is 15.5 Å². The zero-order valence-corrected chi connectivity index (χ0v) is 14.6. The van der Waals surface area contributed by atoms with Gasteiger partial charge in [-0.1, -0.05) is 27.2 Å². The van der Waals surface area contributed by atoms with Crippen LogP contribution in [0.4, 0.5) is 0 Å². The molecule has 2 aliphatic heterocycles. The van der Waals surface area contributed by atoms with Gasteiger partial charge in [0.15, 0.2) is 0 Å². The second-order valence-electron chi connectivity index (χ2n) is 8.48. The average Bonchev–Trinajstić information content (AvgIpc) is 2.45. The van der Waals surface area contributed by atoms with Gasteiger partial charge in [-0.15, -0.1) is 0 Å². The molecule has 1 atom stereocenters. The molecule has 3 nitrogen and oxygen atoms in total. The number of rotatable bonds is 5. The Morgan fingerprint density at radius 3 is 2.19 bits per heavy atom. The van der Waals surface area contributed by atoms with E-state index in [4.69, 9.17) is 5.73 Å². The van der Waals surface area contributed by atoms with Crippen LogP contribution in [0.15, 0.2) is 0 Å². The first-order valence-electron chi connectivity index (χ1n) is 9.16. The van der Waals surface area contributed by atoms with Crippen molar-refractivity contribution < 1.29 is 0 Å². The Morgan fingerprint density at radius 2 is 1.62 bits per heavy atom. The van der Waals surface area contributed by atoms with E-state index in [0.29, 0.717) is 11.5 Å². The van der Waals surface area contributed by atoms with Crippen LogP contribution in [0.2, 0.25) is 0 Å². The van der Waals surface area contributed by atoms with Crippen molar-refractivity contribution in [1.29, 1.82) is 0 Å². The Bertz CT molecular complexity index is 283. The third-order valence-corrected chi connectivity index (χ3v) is 5.15. The van der Waals surface area contributed by atoms with Gasteiger partial charge in [0.2, 0.25) is 0 Å². The lowest BCUT2D eigenvalue weighted by molar-refractivity contribution is 0.0906. The zero-order valence-electron chi connectivity index (χ0n) is 14.6. The summed E-state index contributed by atoms with van der Waals surface area (Å²) in [5, 5.41) is 0. The molecule has 2 saturated heterocycles. The summed E-state index contributed by atoms with van der Waals surface area (Å²) in [5.41, 5.74) is 6.65. The van der Waals surface area contributed by atoms with Crippen LogP contribution >= 0.6 is 0 Å². The third kappa shape index (κ3) is 6.25. The SMILES string of the molecule is CC(C)(C)CC(N)CCN1CCC(N2CCCCC2)CC1. The first kappa shape index (κ1) is 17.2. The number of nitrogens with zero attached hydrogens (tertiary/aromatic N) is 2. The number of piperidine rings is 2. The van der Waals surface area contributed by atoms with E-state index in [9.17, 15) is 0 Å². The third-order valence-electron chi connectivity index (χ3n) is 5.15. The van der Waals surface area contributed by atoms with Crippen LogP contribution in [0.3, 0.4) is 0 Å². The van der Waals surface area contributed by atoms with Crippen molar-refractivity contribution in [3.63, 3.8) is 0 Å². The molecule has 2 rings (SSSR count). The molecule has 0 amide bonds. The average molecular weight is 296 g/mol. The fourth-order valence-corrected chi connectivity index (χ4v) is 4.03. The molecule has 2 fully saturated rings. The maximum Gasteiger partial charge on any atom is 0.0120 e. The Labute approximate surface area is 132 Å². The fourth-order valence-electron chi connectivity index (χ4n) is 4.03. The van der Waals surface area contributed by atoms with Crippen molar-refractivity contribution in [2.24, 2.45) is 11.1 Å². The Kier molecular flexibility index (Phi) is 6.51. The highest BCUT2D eigenvalue weighted by atomic mass is 15.2. The van der Waals surface area contributed by atoms with Crippen LogP contribution in [0.25, 0.3) is 0 Å². The molecular formula is C18H37N3. The molecule has 0 aromatic carbocycles. The zero-order chi connectivity index (χ0) is 15.3. The van der Waals surface area contributed by atoms with Crippen LogP contribution in [0.1, 0.15) is 65.7 Å². The minimum Gasteiger partial charge on any atom is -0.328 e. The summed E-state index contributed by atoms with van der Waals surface area (Å²) in [5.74, 6) is 0. The molecular weight excluding hydrogens is 258 g/mol. The molecule has 0 spiro atoms. The summed E-state index contributed by atoms with van der Waals surface area (Å²) >= 11 is 0. The van der Waals surface area contributed by atoms with Crippen molar-refractivity contribution in [3.8, 4) is 0 Å². The quantitative estimate of drug-likeness (QED) is 0.846. The normalized spacial score (nSPS) is 25.1. The van der Waals surface area contributed by atoms with Crippen molar-refractivity contribution >= 4 is 0 Å². The van der Waals surface area contributed by atoms with Crippen LogP contribution in [-0.2, 0) is 0 Å².